The Hall–Kier alpha value is -1.35. The van der Waals surface area contributed by atoms with Crippen LogP contribution in [0.4, 0.5) is 5.69 Å². The number of rotatable bonds is 7. The molecule has 30 heavy (non-hydrogen) atoms. The number of likely N-dealkylation sites (tertiary alicyclic amines) is 1. The molecule has 2 rings (SSSR count). The number of aryl methyl sites for hydroxylation is 2. The van der Waals surface area contributed by atoms with E-state index in [1.807, 2.05) is 20.8 Å². The summed E-state index contributed by atoms with van der Waals surface area (Å²) >= 11 is 0. The molecule has 0 aliphatic carbocycles. The first kappa shape index (κ1) is 26.7. The fourth-order valence-corrected chi connectivity index (χ4v) is 3.79. The average molecular weight is 530 g/mol. The summed E-state index contributed by atoms with van der Waals surface area (Å²) in [5.41, 5.74) is 9.67. The fourth-order valence-electron chi connectivity index (χ4n) is 3.79. The van der Waals surface area contributed by atoms with E-state index in [4.69, 9.17) is 5.73 Å². The van der Waals surface area contributed by atoms with E-state index in [1.165, 1.54) is 11.1 Å². The lowest BCUT2D eigenvalue weighted by molar-refractivity contribution is -0.124. The summed E-state index contributed by atoms with van der Waals surface area (Å²) in [6, 6.07) is 6.38. The number of guanidine groups is 1. The summed E-state index contributed by atoms with van der Waals surface area (Å²) in [7, 11) is 0. The molecule has 0 radical (unpaired) electrons. The van der Waals surface area contributed by atoms with E-state index >= 15 is 0 Å². The Morgan fingerprint density at radius 1 is 1.17 bits per heavy atom. The van der Waals surface area contributed by atoms with Gasteiger partial charge in [-0.1, -0.05) is 32.0 Å². The maximum absolute atomic E-state index is 12.1. The van der Waals surface area contributed by atoms with Gasteiger partial charge in [0.1, 0.15) is 0 Å². The number of carbonyl (C=O) groups excluding carboxylic acids is 1. The van der Waals surface area contributed by atoms with Gasteiger partial charge in [0, 0.05) is 17.8 Å². The van der Waals surface area contributed by atoms with Gasteiger partial charge in [-0.2, -0.15) is 0 Å². The topological polar surface area (TPSA) is 82.8 Å². The zero-order valence-corrected chi connectivity index (χ0v) is 21.6. The minimum Gasteiger partial charge on any atom is -0.370 e. The van der Waals surface area contributed by atoms with E-state index in [0.29, 0.717) is 18.4 Å². The van der Waals surface area contributed by atoms with Crippen molar-refractivity contribution in [3.05, 3.63) is 29.3 Å². The number of anilines is 1. The highest BCUT2D eigenvalue weighted by molar-refractivity contribution is 14.0. The largest absolute Gasteiger partial charge is 0.370 e. The van der Waals surface area contributed by atoms with Crippen LogP contribution in [0.15, 0.2) is 23.2 Å². The van der Waals surface area contributed by atoms with Crippen molar-refractivity contribution in [3.63, 3.8) is 0 Å². The molecular weight excluding hydrogens is 489 g/mol. The van der Waals surface area contributed by atoms with Crippen LogP contribution in [0.5, 0.6) is 0 Å². The third kappa shape index (κ3) is 8.79. The SMILES string of the molecule is CCc1cccc(CC)c1NC(N)=NCC1CCN(CC(=O)NC(C)(C)C)CC1.I. The fraction of sp³-hybridized carbons (Fsp3) is 0.652. The molecule has 170 valence electrons. The predicted octanol–water partition coefficient (Wildman–Crippen LogP) is 3.78. The third-order valence-corrected chi connectivity index (χ3v) is 5.36. The van der Waals surface area contributed by atoms with Gasteiger partial charge in [0.2, 0.25) is 5.91 Å². The van der Waals surface area contributed by atoms with Gasteiger partial charge in [0.25, 0.3) is 0 Å². The van der Waals surface area contributed by atoms with Crippen LogP contribution in [-0.2, 0) is 17.6 Å². The summed E-state index contributed by atoms with van der Waals surface area (Å²) in [6.07, 6.45) is 4.02. The average Bonchev–Trinajstić information content (AvgIpc) is 2.66. The molecule has 6 nitrogen and oxygen atoms in total. The number of hydrogen-bond donors (Lipinski definition) is 3. The standard InChI is InChI=1S/C23H39N5O.HI/c1-6-18-9-8-10-19(7-2)21(18)26-22(24)25-15-17-11-13-28(14-12-17)16-20(29)27-23(3,4)5;/h8-10,17H,6-7,11-16H2,1-5H3,(H,27,29)(H3,24,25,26);1H. The number of amides is 1. The van der Waals surface area contributed by atoms with Crippen LogP contribution >= 0.6 is 24.0 Å². The van der Waals surface area contributed by atoms with Gasteiger partial charge >= 0.3 is 0 Å². The molecule has 0 aromatic heterocycles. The van der Waals surface area contributed by atoms with Crippen LogP contribution in [0, 0.1) is 5.92 Å². The number of nitrogens with one attached hydrogen (secondary N) is 2. The molecule has 1 saturated heterocycles. The number of hydrogen-bond acceptors (Lipinski definition) is 3. The minimum absolute atomic E-state index is 0. The quantitative estimate of drug-likeness (QED) is 0.285. The molecule has 0 bridgehead atoms. The van der Waals surface area contributed by atoms with E-state index < -0.39 is 0 Å². The highest BCUT2D eigenvalue weighted by Gasteiger charge is 2.22. The van der Waals surface area contributed by atoms with Crippen molar-refractivity contribution in [3.8, 4) is 0 Å². The predicted molar refractivity (Wildman–Crippen MR) is 138 cm³/mol. The van der Waals surface area contributed by atoms with Gasteiger partial charge in [-0.05, 0) is 76.6 Å². The van der Waals surface area contributed by atoms with Crippen molar-refractivity contribution in [2.75, 3.05) is 31.5 Å². The number of carbonyl (C=O) groups is 1. The first-order chi connectivity index (χ1) is 13.7. The summed E-state index contributed by atoms with van der Waals surface area (Å²) in [5.74, 6) is 1.11. The molecule has 1 aliphatic rings. The van der Waals surface area contributed by atoms with Gasteiger partial charge in [-0.25, -0.2) is 0 Å². The van der Waals surface area contributed by atoms with Gasteiger partial charge in [0.15, 0.2) is 5.96 Å². The molecule has 1 heterocycles. The highest BCUT2D eigenvalue weighted by atomic mass is 127. The Labute approximate surface area is 199 Å². The van der Waals surface area contributed by atoms with E-state index in [-0.39, 0.29) is 35.4 Å². The van der Waals surface area contributed by atoms with E-state index in [9.17, 15) is 4.79 Å². The van der Waals surface area contributed by atoms with Crippen molar-refractivity contribution < 1.29 is 4.79 Å². The molecule has 0 atom stereocenters. The lowest BCUT2D eigenvalue weighted by atomic mass is 9.97. The van der Waals surface area contributed by atoms with Crippen molar-refractivity contribution in [1.82, 2.24) is 10.2 Å². The Balaban J connectivity index is 0.00000450. The number of halogens is 1. The normalized spacial score (nSPS) is 16.1. The minimum atomic E-state index is -0.178. The second-order valence-electron chi connectivity index (χ2n) is 9.03. The Morgan fingerprint density at radius 3 is 2.23 bits per heavy atom. The van der Waals surface area contributed by atoms with Crippen LogP contribution in [0.2, 0.25) is 0 Å². The lowest BCUT2D eigenvalue weighted by Gasteiger charge is -2.31. The lowest BCUT2D eigenvalue weighted by Crippen LogP contribution is -2.47. The monoisotopic (exact) mass is 529 g/mol. The first-order valence-corrected chi connectivity index (χ1v) is 10.9. The van der Waals surface area contributed by atoms with E-state index in [0.717, 1.165) is 51.0 Å². The first-order valence-electron chi connectivity index (χ1n) is 10.9. The van der Waals surface area contributed by atoms with Gasteiger partial charge in [-0.15, -0.1) is 24.0 Å². The van der Waals surface area contributed by atoms with Gasteiger partial charge in [-0.3, -0.25) is 14.7 Å². The number of nitrogens with zero attached hydrogens (tertiary/aromatic N) is 2. The molecule has 4 N–H and O–H groups in total. The molecular formula is C23H40IN5O. The van der Waals surface area contributed by atoms with Crippen LogP contribution < -0.4 is 16.4 Å². The van der Waals surface area contributed by atoms with Crippen molar-refractivity contribution in [1.29, 1.82) is 0 Å². The molecule has 0 unspecified atom stereocenters. The van der Waals surface area contributed by atoms with Crippen molar-refractivity contribution >= 4 is 41.5 Å². The molecule has 0 saturated carbocycles. The number of aliphatic imine (C=N–C) groups is 1. The smallest absolute Gasteiger partial charge is 0.234 e. The Bertz CT molecular complexity index is 684. The Morgan fingerprint density at radius 2 is 1.73 bits per heavy atom. The molecule has 1 aromatic rings. The molecule has 1 aromatic carbocycles. The van der Waals surface area contributed by atoms with Crippen LogP contribution in [0.25, 0.3) is 0 Å². The zero-order chi connectivity index (χ0) is 21.4. The second-order valence-corrected chi connectivity index (χ2v) is 9.03. The number of benzene rings is 1. The third-order valence-electron chi connectivity index (χ3n) is 5.36. The number of piperidine rings is 1. The van der Waals surface area contributed by atoms with Crippen molar-refractivity contribution in [2.45, 2.75) is 65.8 Å². The summed E-state index contributed by atoms with van der Waals surface area (Å²) < 4.78 is 0. The molecule has 1 fully saturated rings. The van der Waals surface area contributed by atoms with Gasteiger partial charge in [0.05, 0.1) is 6.54 Å². The molecule has 1 amide bonds. The van der Waals surface area contributed by atoms with Crippen LogP contribution in [-0.4, -0.2) is 48.5 Å². The maximum atomic E-state index is 12.1. The summed E-state index contributed by atoms with van der Waals surface area (Å²) in [4.78, 5) is 18.9. The molecule has 7 heteroatoms. The Kier molecular flexibility index (Phi) is 11.1. The zero-order valence-electron chi connectivity index (χ0n) is 19.3. The maximum Gasteiger partial charge on any atom is 0.234 e. The highest BCUT2D eigenvalue weighted by Crippen LogP contribution is 2.22. The van der Waals surface area contributed by atoms with Crippen LogP contribution in [0.1, 0.15) is 58.6 Å². The summed E-state index contributed by atoms with van der Waals surface area (Å²) in [6.45, 7) is 13.4. The summed E-state index contributed by atoms with van der Waals surface area (Å²) in [5, 5.41) is 6.37. The number of nitrogens with two attached hydrogens (primary N) is 1. The number of para-hydroxylation sites is 1. The van der Waals surface area contributed by atoms with E-state index in [2.05, 4.69) is 52.6 Å². The van der Waals surface area contributed by atoms with E-state index in [1.54, 1.807) is 0 Å². The second kappa shape index (κ2) is 12.5. The van der Waals surface area contributed by atoms with Crippen LogP contribution in [0.3, 0.4) is 0 Å². The van der Waals surface area contributed by atoms with Crippen molar-refractivity contribution in [2.24, 2.45) is 16.6 Å². The van der Waals surface area contributed by atoms with Gasteiger partial charge < -0.3 is 16.4 Å². The molecule has 1 aliphatic heterocycles. The molecule has 0 spiro atoms.